The van der Waals surface area contributed by atoms with Crippen LogP contribution < -0.4 is 4.90 Å². The summed E-state index contributed by atoms with van der Waals surface area (Å²) in [6.07, 6.45) is 1.85. The molecule has 184 valence electrons. The van der Waals surface area contributed by atoms with E-state index in [1.807, 2.05) is 72.8 Å². The summed E-state index contributed by atoms with van der Waals surface area (Å²) < 4.78 is 3.20. The molecule has 0 N–H and O–H groups in total. The highest BCUT2D eigenvalue weighted by molar-refractivity contribution is 9.10. The lowest BCUT2D eigenvalue weighted by molar-refractivity contribution is -0.113. The number of imide groups is 1. The van der Waals surface area contributed by atoms with Crippen LogP contribution in [0.15, 0.2) is 131 Å². The van der Waals surface area contributed by atoms with Gasteiger partial charge in [0, 0.05) is 15.7 Å². The van der Waals surface area contributed by atoms with Crippen molar-refractivity contribution in [2.45, 2.75) is 0 Å². The van der Waals surface area contributed by atoms with E-state index < -0.39 is 0 Å². The number of hydrogen-bond donors (Lipinski definition) is 0. The molecule has 0 bridgehead atoms. The summed E-state index contributed by atoms with van der Waals surface area (Å²) in [5.74, 6) is -0.317. The molecule has 6 rings (SSSR count). The number of halogens is 1. The van der Waals surface area contributed by atoms with Gasteiger partial charge in [-0.1, -0.05) is 94.8 Å². The van der Waals surface area contributed by atoms with Gasteiger partial charge in [-0.3, -0.25) is 9.59 Å². The standard InChI is InChI=1S/C32H21BrN2O2S/c33-25-16-18-27(19-17-25)34-28(22-10-4-1-5-11-22)20-24(30(34)23-12-6-2-7-13-23)21-29-31(36)35(32(37)38-29)26-14-8-3-9-15-26/h1-21H/b29-21+. The molecular formula is C32H21BrN2O2S. The summed E-state index contributed by atoms with van der Waals surface area (Å²) >= 11 is 4.52. The summed E-state index contributed by atoms with van der Waals surface area (Å²) in [5, 5.41) is -0.302. The van der Waals surface area contributed by atoms with Crippen molar-refractivity contribution in [3.63, 3.8) is 0 Å². The van der Waals surface area contributed by atoms with Gasteiger partial charge in [0.2, 0.25) is 0 Å². The Kier molecular flexibility index (Phi) is 6.58. The van der Waals surface area contributed by atoms with Gasteiger partial charge in [-0.05, 0) is 71.4 Å². The summed E-state index contributed by atoms with van der Waals surface area (Å²) in [5.41, 5.74) is 6.40. The van der Waals surface area contributed by atoms with Gasteiger partial charge in [-0.2, -0.15) is 0 Å². The summed E-state index contributed by atoms with van der Waals surface area (Å²) in [6, 6.07) is 39.6. The number of para-hydroxylation sites is 1. The van der Waals surface area contributed by atoms with E-state index in [4.69, 9.17) is 0 Å². The first-order valence-corrected chi connectivity index (χ1v) is 13.7. The van der Waals surface area contributed by atoms with Gasteiger partial charge in [-0.25, -0.2) is 4.90 Å². The number of carbonyl (C=O) groups is 2. The number of amides is 2. The average molecular weight is 578 g/mol. The van der Waals surface area contributed by atoms with E-state index in [0.29, 0.717) is 10.6 Å². The van der Waals surface area contributed by atoms with Gasteiger partial charge in [-0.15, -0.1) is 0 Å². The molecule has 0 aliphatic carbocycles. The number of nitrogens with zero attached hydrogens (tertiary/aromatic N) is 2. The third-order valence-corrected chi connectivity index (χ3v) is 7.72. The van der Waals surface area contributed by atoms with Crippen molar-refractivity contribution < 1.29 is 9.59 Å². The maximum absolute atomic E-state index is 13.4. The van der Waals surface area contributed by atoms with Crippen molar-refractivity contribution in [1.82, 2.24) is 4.57 Å². The predicted molar refractivity (Wildman–Crippen MR) is 159 cm³/mol. The monoisotopic (exact) mass is 576 g/mol. The van der Waals surface area contributed by atoms with Crippen LogP contribution in [0.1, 0.15) is 5.56 Å². The molecule has 4 aromatic carbocycles. The van der Waals surface area contributed by atoms with E-state index in [1.165, 1.54) is 4.90 Å². The Balaban J connectivity index is 1.58. The lowest BCUT2D eigenvalue weighted by Gasteiger charge is -2.15. The zero-order chi connectivity index (χ0) is 26.1. The molecule has 2 heterocycles. The minimum absolute atomic E-state index is 0.302. The lowest BCUT2D eigenvalue weighted by atomic mass is 10.1. The average Bonchev–Trinajstić information content (AvgIpc) is 3.47. The molecule has 38 heavy (non-hydrogen) atoms. The van der Waals surface area contributed by atoms with Gasteiger partial charge in [0.25, 0.3) is 11.1 Å². The van der Waals surface area contributed by atoms with Crippen molar-refractivity contribution in [1.29, 1.82) is 0 Å². The molecule has 6 heteroatoms. The van der Waals surface area contributed by atoms with E-state index in [-0.39, 0.29) is 11.1 Å². The molecule has 0 atom stereocenters. The summed E-state index contributed by atoms with van der Waals surface area (Å²) in [4.78, 5) is 28.0. The first-order valence-electron chi connectivity index (χ1n) is 12.1. The van der Waals surface area contributed by atoms with Gasteiger partial charge < -0.3 is 4.57 Å². The Morgan fingerprint density at radius 1 is 0.658 bits per heavy atom. The molecule has 1 aliphatic heterocycles. The van der Waals surface area contributed by atoms with Gasteiger partial charge >= 0.3 is 0 Å². The van der Waals surface area contributed by atoms with Crippen molar-refractivity contribution in [2.75, 3.05) is 4.90 Å². The highest BCUT2D eigenvalue weighted by Crippen LogP contribution is 2.41. The number of hydrogen-bond acceptors (Lipinski definition) is 3. The van der Waals surface area contributed by atoms with Crippen LogP contribution in [0.4, 0.5) is 10.5 Å². The first kappa shape index (κ1) is 24.2. The SMILES string of the molecule is O=C1S/C(=C/c2cc(-c3ccccc3)n(-c3ccc(Br)cc3)c2-c2ccccc2)C(=O)N1c1ccccc1. The third kappa shape index (κ3) is 4.53. The van der Waals surface area contributed by atoms with Crippen LogP contribution in [0.5, 0.6) is 0 Å². The Labute approximate surface area is 233 Å². The van der Waals surface area contributed by atoms with Crippen LogP contribution in [0.3, 0.4) is 0 Å². The van der Waals surface area contributed by atoms with E-state index in [1.54, 1.807) is 12.1 Å². The smallest absolute Gasteiger partial charge is 0.298 e. The van der Waals surface area contributed by atoms with E-state index in [9.17, 15) is 9.59 Å². The number of aromatic nitrogens is 1. The number of anilines is 1. The van der Waals surface area contributed by atoms with Crippen LogP contribution in [0.25, 0.3) is 34.3 Å². The first-order chi connectivity index (χ1) is 18.6. The van der Waals surface area contributed by atoms with Crippen LogP contribution in [0.2, 0.25) is 0 Å². The maximum Gasteiger partial charge on any atom is 0.298 e. The fourth-order valence-corrected chi connectivity index (χ4v) is 5.72. The van der Waals surface area contributed by atoms with Gasteiger partial charge in [0.15, 0.2) is 0 Å². The lowest BCUT2D eigenvalue weighted by Crippen LogP contribution is -2.27. The van der Waals surface area contributed by atoms with Crippen LogP contribution in [0, 0.1) is 0 Å². The molecule has 0 spiro atoms. The molecule has 1 aromatic heterocycles. The number of rotatable bonds is 5. The van der Waals surface area contributed by atoms with E-state index in [2.05, 4.69) is 63.0 Å². The van der Waals surface area contributed by atoms with Crippen LogP contribution in [-0.4, -0.2) is 15.7 Å². The van der Waals surface area contributed by atoms with E-state index in [0.717, 1.165) is 50.0 Å². The highest BCUT2D eigenvalue weighted by Gasteiger charge is 2.36. The van der Waals surface area contributed by atoms with Crippen molar-refractivity contribution in [2.24, 2.45) is 0 Å². The molecule has 1 aliphatic rings. The number of benzene rings is 4. The number of carbonyl (C=O) groups excluding carboxylic acids is 2. The van der Waals surface area contributed by atoms with E-state index >= 15 is 0 Å². The quantitative estimate of drug-likeness (QED) is 0.196. The molecule has 0 saturated carbocycles. The van der Waals surface area contributed by atoms with Crippen molar-refractivity contribution in [3.8, 4) is 28.2 Å². The van der Waals surface area contributed by atoms with Crippen LogP contribution >= 0.6 is 27.7 Å². The zero-order valence-corrected chi connectivity index (χ0v) is 22.5. The Morgan fingerprint density at radius 2 is 1.24 bits per heavy atom. The minimum Gasteiger partial charge on any atom is -0.309 e. The molecule has 4 nitrogen and oxygen atoms in total. The van der Waals surface area contributed by atoms with Crippen molar-refractivity contribution in [3.05, 3.63) is 136 Å². The molecule has 1 saturated heterocycles. The fraction of sp³-hybridized carbons (Fsp3) is 0. The molecule has 0 unspecified atom stereocenters. The Hall–Kier alpha value is -4.13. The third-order valence-electron chi connectivity index (χ3n) is 6.33. The summed E-state index contributed by atoms with van der Waals surface area (Å²) in [6.45, 7) is 0. The molecular weight excluding hydrogens is 556 g/mol. The van der Waals surface area contributed by atoms with Crippen molar-refractivity contribution >= 4 is 50.6 Å². The topological polar surface area (TPSA) is 42.3 Å². The fourth-order valence-electron chi connectivity index (χ4n) is 4.62. The number of thioether (sulfide) groups is 1. The predicted octanol–water partition coefficient (Wildman–Crippen LogP) is 8.81. The maximum atomic E-state index is 13.4. The second-order valence-electron chi connectivity index (χ2n) is 8.73. The molecule has 0 radical (unpaired) electrons. The highest BCUT2D eigenvalue weighted by atomic mass is 79.9. The Bertz CT molecular complexity index is 1660. The largest absolute Gasteiger partial charge is 0.309 e. The normalized spacial score (nSPS) is 14.4. The Morgan fingerprint density at radius 3 is 1.87 bits per heavy atom. The molecule has 2 amide bonds. The zero-order valence-electron chi connectivity index (χ0n) is 20.1. The van der Waals surface area contributed by atoms with Gasteiger partial charge in [0.1, 0.15) is 0 Å². The van der Waals surface area contributed by atoms with Gasteiger partial charge in [0.05, 0.1) is 22.0 Å². The minimum atomic E-state index is -0.317. The molecule has 5 aromatic rings. The summed E-state index contributed by atoms with van der Waals surface area (Å²) in [7, 11) is 0. The van der Waals surface area contributed by atoms with Crippen LogP contribution in [-0.2, 0) is 4.79 Å². The molecule has 1 fully saturated rings. The second-order valence-corrected chi connectivity index (χ2v) is 10.6. The second kappa shape index (κ2) is 10.3.